The van der Waals surface area contributed by atoms with Crippen LogP contribution in [0.3, 0.4) is 0 Å². The molecule has 0 spiro atoms. The minimum atomic E-state index is 0.403. The van der Waals surface area contributed by atoms with Gasteiger partial charge in [-0.25, -0.2) is 4.98 Å². The average molecular weight is 232 g/mol. The molecule has 0 radical (unpaired) electrons. The van der Waals surface area contributed by atoms with Gasteiger partial charge in [-0.1, -0.05) is 30.3 Å². The van der Waals surface area contributed by atoms with Gasteiger partial charge in [0, 0.05) is 24.4 Å². The summed E-state index contributed by atoms with van der Waals surface area (Å²) in [5.74, 6) is 0. The molecular formula is C13H16N2S. The van der Waals surface area contributed by atoms with Gasteiger partial charge >= 0.3 is 0 Å². The van der Waals surface area contributed by atoms with Crippen molar-refractivity contribution >= 4 is 11.3 Å². The smallest absolute Gasteiger partial charge is 0.0794 e. The van der Waals surface area contributed by atoms with Crippen LogP contribution in [0, 0.1) is 0 Å². The maximum atomic E-state index is 4.26. The average Bonchev–Trinajstić information content (AvgIpc) is 2.83. The van der Waals surface area contributed by atoms with Crippen LogP contribution in [-0.2, 0) is 6.42 Å². The lowest BCUT2D eigenvalue weighted by Gasteiger charge is -2.13. The maximum Gasteiger partial charge on any atom is 0.0794 e. The van der Waals surface area contributed by atoms with E-state index in [1.54, 1.807) is 11.3 Å². The zero-order valence-electron chi connectivity index (χ0n) is 9.39. The van der Waals surface area contributed by atoms with E-state index in [-0.39, 0.29) is 0 Å². The van der Waals surface area contributed by atoms with Gasteiger partial charge < -0.3 is 5.32 Å². The monoisotopic (exact) mass is 232 g/mol. The SMILES string of the molecule is CC(NCCc1cscn1)c1ccccc1. The molecule has 1 aromatic heterocycles. The van der Waals surface area contributed by atoms with Crippen molar-refractivity contribution in [3.8, 4) is 0 Å². The first-order valence-corrected chi connectivity index (χ1v) is 6.46. The fraction of sp³-hybridized carbons (Fsp3) is 0.308. The molecule has 0 saturated carbocycles. The van der Waals surface area contributed by atoms with Gasteiger partial charge in [0.1, 0.15) is 0 Å². The molecule has 1 aromatic carbocycles. The molecule has 1 heterocycles. The standard InChI is InChI=1S/C13H16N2S/c1-11(12-5-3-2-4-6-12)14-8-7-13-9-16-10-15-13/h2-6,9-11,14H,7-8H2,1H3. The fourth-order valence-corrected chi connectivity index (χ4v) is 2.23. The van der Waals surface area contributed by atoms with E-state index >= 15 is 0 Å². The lowest BCUT2D eigenvalue weighted by Crippen LogP contribution is -2.21. The van der Waals surface area contributed by atoms with Crippen LogP contribution < -0.4 is 5.32 Å². The summed E-state index contributed by atoms with van der Waals surface area (Å²) in [6.45, 7) is 3.16. The van der Waals surface area contributed by atoms with Gasteiger partial charge in [-0.2, -0.15) is 0 Å². The first kappa shape index (κ1) is 11.3. The lowest BCUT2D eigenvalue weighted by atomic mass is 10.1. The second kappa shape index (κ2) is 5.77. The summed E-state index contributed by atoms with van der Waals surface area (Å²) in [5, 5.41) is 5.61. The van der Waals surface area contributed by atoms with E-state index in [1.165, 1.54) is 11.3 Å². The van der Waals surface area contributed by atoms with Gasteiger partial charge in [-0.05, 0) is 12.5 Å². The molecule has 3 heteroatoms. The van der Waals surface area contributed by atoms with Crippen molar-refractivity contribution in [2.75, 3.05) is 6.54 Å². The third-order valence-electron chi connectivity index (χ3n) is 2.61. The van der Waals surface area contributed by atoms with Crippen LogP contribution in [0.5, 0.6) is 0 Å². The third-order valence-corrected chi connectivity index (χ3v) is 3.25. The number of hydrogen-bond donors (Lipinski definition) is 1. The van der Waals surface area contributed by atoms with Crippen molar-refractivity contribution < 1.29 is 0 Å². The van der Waals surface area contributed by atoms with Crippen LogP contribution in [0.2, 0.25) is 0 Å². The van der Waals surface area contributed by atoms with Gasteiger partial charge in [0.05, 0.1) is 11.2 Å². The van der Waals surface area contributed by atoms with E-state index in [4.69, 9.17) is 0 Å². The Morgan fingerprint density at radius 1 is 1.31 bits per heavy atom. The predicted octanol–water partition coefficient (Wildman–Crippen LogP) is 3.04. The first-order chi connectivity index (χ1) is 7.86. The molecule has 1 N–H and O–H groups in total. The molecule has 0 aliphatic carbocycles. The summed E-state index contributed by atoms with van der Waals surface area (Å²) in [7, 11) is 0. The highest BCUT2D eigenvalue weighted by Gasteiger charge is 2.03. The molecule has 0 aliphatic heterocycles. The number of benzene rings is 1. The summed E-state index contributed by atoms with van der Waals surface area (Å²) >= 11 is 1.66. The lowest BCUT2D eigenvalue weighted by molar-refractivity contribution is 0.574. The van der Waals surface area contributed by atoms with Crippen LogP contribution in [0.4, 0.5) is 0 Å². The predicted molar refractivity (Wildman–Crippen MR) is 68.7 cm³/mol. The van der Waals surface area contributed by atoms with E-state index in [0.717, 1.165) is 13.0 Å². The van der Waals surface area contributed by atoms with Crippen LogP contribution in [-0.4, -0.2) is 11.5 Å². The van der Waals surface area contributed by atoms with Crippen molar-refractivity contribution in [2.24, 2.45) is 0 Å². The number of hydrogen-bond acceptors (Lipinski definition) is 3. The van der Waals surface area contributed by atoms with E-state index in [2.05, 4.69) is 46.9 Å². The highest BCUT2D eigenvalue weighted by Crippen LogP contribution is 2.11. The Labute approximate surface area is 100 Å². The minimum absolute atomic E-state index is 0.403. The number of nitrogens with one attached hydrogen (secondary N) is 1. The molecule has 0 aliphatic rings. The number of nitrogens with zero attached hydrogens (tertiary/aromatic N) is 1. The van der Waals surface area contributed by atoms with E-state index in [1.807, 2.05) is 11.6 Å². The Hall–Kier alpha value is -1.19. The topological polar surface area (TPSA) is 24.9 Å². The van der Waals surface area contributed by atoms with Crippen LogP contribution >= 0.6 is 11.3 Å². The van der Waals surface area contributed by atoms with Crippen LogP contribution in [0.25, 0.3) is 0 Å². The van der Waals surface area contributed by atoms with Crippen LogP contribution in [0.1, 0.15) is 24.2 Å². The summed E-state index contributed by atoms with van der Waals surface area (Å²) < 4.78 is 0. The van der Waals surface area contributed by atoms with Gasteiger partial charge in [0.25, 0.3) is 0 Å². The molecule has 2 nitrogen and oxygen atoms in total. The number of rotatable bonds is 5. The highest BCUT2D eigenvalue weighted by molar-refractivity contribution is 7.07. The Balaban J connectivity index is 1.78. The summed E-state index contributed by atoms with van der Waals surface area (Å²) in [5.41, 5.74) is 4.40. The van der Waals surface area contributed by atoms with Crippen molar-refractivity contribution in [3.63, 3.8) is 0 Å². The Bertz CT molecular complexity index is 397. The van der Waals surface area contributed by atoms with E-state index in [9.17, 15) is 0 Å². The zero-order chi connectivity index (χ0) is 11.2. The molecule has 1 atom stereocenters. The van der Waals surface area contributed by atoms with Gasteiger partial charge in [0.15, 0.2) is 0 Å². The molecule has 2 aromatic rings. The largest absolute Gasteiger partial charge is 0.310 e. The molecule has 0 amide bonds. The van der Waals surface area contributed by atoms with Crippen molar-refractivity contribution in [2.45, 2.75) is 19.4 Å². The molecule has 1 unspecified atom stereocenters. The van der Waals surface area contributed by atoms with Crippen molar-refractivity contribution in [1.82, 2.24) is 10.3 Å². The summed E-state index contributed by atoms with van der Waals surface area (Å²) in [6.07, 6.45) is 1.00. The maximum absolute atomic E-state index is 4.26. The molecule has 84 valence electrons. The Morgan fingerprint density at radius 3 is 2.81 bits per heavy atom. The van der Waals surface area contributed by atoms with Gasteiger partial charge in [-0.15, -0.1) is 11.3 Å². The molecule has 0 fully saturated rings. The minimum Gasteiger partial charge on any atom is -0.310 e. The highest BCUT2D eigenvalue weighted by atomic mass is 32.1. The van der Waals surface area contributed by atoms with Crippen molar-refractivity contribution in [3.05, 3.63) is 52.5 Å². The molecule has 0 bridgehead atoms. The summed E-state index contributed by atoms with van der Waals surface area (Å²) in [6, 6.07) is 10.9. The quantitative estimate of drug-likeness (QED) is 0.857. The van der Waals surface area contributed by atoms with Crippen LogP contribution in [0.15, 0.2) is 41.2 Å². The molecular weight excluding hydrogens is 216 g/mol. The van der Waals surface area contributed by atoms with Crippen molar-refractivity contribution in [1.29, 1.82) is 0 Å². The fourth-order valence-electron chi connectivity index (χ4n) is 1.64. The first-order valence-electron chi connectivity index (χ1n) is 5.51. The molecule has 16 heavy (non-hydrogen) atoms. The zero-order valence-corrected chi connectivity index (χ0v) is 10.2. The van der Waals surface area contributed by atoms with Gasteiger partial charge in [0.2, 0.25) is 0 Å². The second-order valence-electron chi connectivity index (χ2n) is 3.82. The Morgan fingerprint density at radius 2 is 2.12 bits per heavy atom. The molecule has 2 rings (SSSR count). The second-order valence-corrected chi connectivity index (χ2v) is 4.53. The van der Waals surface area contributed by atoms with E-state index < -0.39 is 0 Å². The van der Waals surface area contributed by atoms with Gasteiger partial charge in [-0.3, -0.25) is 0 Å². The number of aromatic nitrogens is 1. The third kappa shape index (κ3) is 3.15. The number of thiazole rings is 1. The van der Waals surface area contributed by atoms with E-state index in [0.29, 0.717) is 6.04 Å². The normalized spacial score (nSPS) is 12.6. The molecule has 0 saturated heterocycles. The summed E-state index contributed by atoms with van der Waals surface area (Å²) in [4.78, 5) is 4.26. The Kier molecular flexibility index (Phi) is 4.08.